The lowest BCUT2D eigenvalue weighted by Crippen LogP contribution is -2.65. The molecule has 0 unspecified atom stereocenters. The Hall–Kier alpha value is -2.79. The Bertz CT molecular complexity index is 863. The number of nitrogens with zero attached hydrogens (tertiary/aromatic N) is 2. The summed E-state index contributed by atoms with van der Waals surface area (Å²) in [4.78, 5) is 15.0. The van der Waals surface area contributed by atoms with E-state index in [0.29, 0.717) is 19.1 Å². The molecule has 3 heterocycles. The van der Waals surface area contributed by atoms with E-state index in [1.165, 1.54) is 0 Å². The summed E-state index contributed by atoms with van der Waals surface area (Å²) in [5.74, 6) is 1.39. The maximum Gasteiger partial charge on any atom is 0.414 e. The second-order valence-electron chi connectivity index (χ2n) is 9.03. The van der Waals surface area contributed by atoms with Crippen LogP contribution in [0.5, 0.6) is 5.75 Å². The number of hydrogen-bond acceptors (Lipinski definition) is 3. The fourth-order valence-corrected chi connectivity index (χ4v) is 5.06. The first-order valence-electron chi connectivity index (χ1n) is 11.9. The van der Waals surface area contributed by atoms with Crippen LogP contribution in [0.1, 0.15) is 25.7 Å². The minimum Gasteiger partial charge on any atom is -0.488 e. The summed E-state index contributed by atoms with van der Waals surface area (Å²) in [7, 11) is 0. The number of piperidine rings is 3. The number of ether oxygens (including phenoxy) is 2. The first-order valence-corrected chi connectivity index (χ1v) is 11.9. The van der Waals surface area contributed by atoms with Crippen molar-refractivity contribution in [1.82, 2.24) is 0 Å². The SMILES string of the molecule is C=CCCCN(C(=O)O[C@H]1C[N+]2(CCOc3ccccc3)CCC1CC2)c1ccccc1. The number of anilines is 1. The van der Waals surface area contributed by atoms with Gasteiger partial charge < -0.3 is 14.0 Å². The third-order valence-electron chi connectivity index (χ3n) is 6.95. The molecule has 3 fully saturated rings. The Morgan fingerprint density at radius 1 is 1.06 bits per heavy atom. The van der Waals surface area contributed by atoms with Gasteiger partial charge in [0.25, 0.3) is 0 Å². The minimum absolute atomic E-state index is 0.0210. The molecule has 1 atom stereocenters. The third-order valence-corrected chi connectivity index (χ3v) is 6.95. The van der Waals surface area contributed by atoms with Crippen molar-refractivity contribution in [2.45, 2.75) is 31.8 Å². The molecular weight excluding hydrogens is 400 g/mol. The van der Waals surface area contributed by atoms with E-state index in [1.54, 1.807) is 4.90 Å². The van der Waals surface area contributed by atoms with Crippen LogP contribution in [0.4, 0.5) is 10.5 Å². The number of rotatable bonds is 10. The quantitative estimate of drug-likeness (QED) is 0.289. The van der Waals surface area contributed by atoms with Crippen LogP contribution in [0.15, 0.2) is 73.3 Å². The molecule has 2 aromatic rings. The number of carbonyl (C=O) groups excluding carboxylic acids is 1. The highest BCUT2D eigenvalue weighted by molar-refractivity contribution is 5.87. The smallest absolute Gasteiger partial charge is 0.414 e. The maximum atomic E-state index is 13.2. The molecule has 32 heavy (non-hydrogen) atoms. The van der Waals surface area contributed by atoms with Crippen LogP contribution in [0.2, 0.25) is 0 Å². The van der Waals surface area contributed by atoms with E-state index in [9.17, 15) is 4.79 Å². The Labute approximate surface area is 191 Å². The van der Waals surface area contributed by atoms with Gasteiger partial charge in [0.05, 0.1) is 13.1 Å². The number of quaternary nitrogens is 1. The van der Waals surface area contributed by atoms with Crippen molar-refractivity contribution in [1.29, 1.82) is 0 Å². The van der Waals surface area contributed by atoms with Gasteiger partial charge in [0.2, 0.25) is 0 Å². The summed E-state index contributed by atoms with van der Waals surface area (Å²) in [5, 5.41) is 0. The molecule has 0 aliphatic carbocycles. The van der Waals surface area contributed by atoms with Gasteiger partial charge in [-0.2, -0.15) is 0 Å². The summed E-state index contributed by atoms with van der Waals surface area (Å²) in [6.45, 7) is 9.27. The molecule has 0 N–H and O–H groups in total. The molecule has 0 radical (unpaired) electrons. The van der Waals surface area contributed by atoms with Crippen molar-refractivity contribution in [2.75, 3.05) is 44.2 Å². The molecular formula is C27H35N2O3+. The van der Waals surface area contributed by atoms with Crippen molar-refractivity contribution in [3.63, 3.8) is 0 Å². The number of para-hydroxylation sites is 2. The summed E-state index contributed by atoms with van der Waals surface area (Å²) in [6, 6.07) is 19.8. The zero-order chi connectivity index (χ0) is 22.2. The first-order chi connectivity index (χ1) is 15.7. The number of benzene rings is 2. The fourth-order valence-electron chi connectivity index (χ4n) is 5.06. The van der Waals surface area contributed by atoms with Crippen molar-refractivity contribution in [3.05, 3.63) is 73.3 Å². The van der Waals surface area contributed by atoms with E-state index in [2.05, 4.69) is 6.58 Å². The van der Waals surface area contributed by atoms with Crippen LogP contribution in [0, 0.1) is 5.92 Å². The van der Waals surface area contributed by atoms with Gasteiger partial charge in [-0.05, 0) is 37.1 Å². The summed E-state index contributed by atoms with van der Waals surface area (Å²) < 4.78 is 13.1. The van der Waals surface area contributed by atoms with E-state index in [0.717, 1.165) is 67.8 Å². The molecule has 3 aliphatic rings. The first kappa shape index (κ1) is 22.4. The van der Waals surface area contributed by atoms with Gasteiger partial charge >= 0.3 is 6.09 Å². The molecule has 5 nitrogen and oxygen atoms in total. The average Bonchev–Trinajstić information content (AvgIpc) is 2.84. The molecule has 2 aromatic carbocycles. The van der Waals surface area contributed by atoms with Crippen LogP contribution >= 0.6 is 0 Å². The van der Waals surface area contributed by atoms with Gasteiger partial charge in [0.1, 0.15) is 25.4 Å². The molecule has 3 aliphatic heterocycles. The largest absolute Gasteiger partial charge is 0.488 e. The lowest BCUT2D eigenvalue weighted by Gasteiger charge is -2.52. The van der Waals surface area contributed by atoms with E-state index in [1.807, 2.05) is 66.7 Å². The Morgan fingerprint density at radius 3 is 2.44 bits per heavy atom. The van der Waals surface area contributed by atoms with Crippen molar-refractivity contribution < 1.29 is 18.8 Å². The molecule has 0 spiro atoms. The highest BCUT2D eigenvalue weighted by Gasteiger charge is 2.47. The molecule has 5 rings (SSSR count). The summed E-state index contributed by atoms with van der Waals surface area (Å²) in [5.41, 5.74) is 0.892. The van der Waals surface area contributed by atoms with Gasteiger partial charge in [-0.25, -0.2) is 4.79 Å². The van der Waals surface area contributed by atoms with Gasteiger partial charge in [-0.1, -0.05) is 42.5 Å². The van der Waals surface area contributed by atoms with E-state index < -0.39 is 0 Å². The highest BCUT2D eigenvalue weighted by Crippen LogP contribution is 2.36. The van der Waals surface area contributed by atoms with Crippen LogP contribution in [-0.4, -0.2) is 56.0 Å². The van der Waals surface area contributed by atoms with Gasteiger partial charge in [-0.3, -0.25) is 4.90 Å². The lowest BCUT2D eigenvalue weighted by molar-refractivity contribution is -0.946. The second kappa shape index (κ2) is 10.7. The zero-order valence-corrected chi connectivity index (χ0v) is 18.9. The topological polar surface area (TPSA) is 38.8 Å². The normalized spacial score (nSPS) is 24.0. The standard InChI is InChI=1S/C27H35N2O3/c1-2-3-10-17-28(24-11-6-4-7-12-24)27(30)32-26-22-29(18-15-23(26)16-19-29)20-21-31-25-13-8-5-9-14-25/h2,4-9,11-14,23,26H,1,3,10,15-22H2/q+1/t23?,26-,29?/m0/s1. The number of allylic oxidation sites excluding steroid dienone is 1. The number of fused-ring (bicyclic) bond motifs is 3. The number of amides is 1. The zero-order valence-electron chi connectivity index (χ0n) is 18.9. The molecule has 1 amide bonds. The number of unbranched alkanes of at least 4 members (excludes halogenated alkanes) is 1. The Balaban J connectivity index is 1.37. The predicted octanol–water partition coefficient (Wildman–Crippen LogP) is 5.28. The van der Waals surface area contributed by atoms with Crippen LogP contribution in [0.25, 0.3) is 0 Å². The Morgan fingerprint density at radius 2 is 1.75 bits per heavy atom. The van der Waals surface area contributed by atoms with Crippen LogP contribution in [0.3, 0.4) is 0 Å². The van der Waals surface area contributed by atoms with Crippen molar-refractivity contribution in [2.24, 2.45) is 5.92 Å². The van der Waals surface area contributed by atoms with E-state index in [4.69, 9.17) is 9.47 Å². The summed E-state index contributed by atoms with van der Waals surface area (Å²) >= 11 is 0. The molecule has 5 heteroatoms. The van der Waals surface area contributed by atoms with E-state index in [-0.39, 0.29) is 12.2 Å². The van der Waals surface area contributed by atoms with Crippen molar-refractivity contribution >= 4 is 11.8 Å². The van der Waals surface area contributed by atoms with E-state index >= 15 is 0 Å². The third kappa shape index (κ3) is 5.52. The average molecular weight is 436 g/mol. The molecule has 3 saturated heterocycles. The maximum absolute atomic E-state index is 13.2. The second-order valence-corrected chi connectivity index (χ2v) is 9.03. The molecule has 0 saturated carbocycles. The Kier molecular flexibility index (Phi) is 7.48. The van der Waals surface area contributed by atoms with Crippen LogP contribution < -0.4 is 9.64 Å². The monoisotopic (exact) mass is 435 g/mol. The molecule has 170 valence electrons. The van der Waals surface area contributed by atoms with Gasteiger partial charge in [-0.15, -0.1) is 6.58 Å². The number of hydrogen-bond donors (Lipinski definition) is 0. The number of carbonyl (C=O) groups is 1. The summed E-state index contributed by atoms with van der Waals surface area (Å²) in [6.07, 6.45) is 5.64. The van der Waals surface area contributed by atoms with Gasteiger partial charge in [0.15, 0.2) is 6.10 Å². The molecule has 2 bridgehead atoms. The van der Waals surface area contributed by atoms with Crippen LogP contribution in [-0.2, 0) is 4.74 Å². The fraction of sp³-hybridized carbons (Fsp3) is 0.444. The highest BCUT2D eigenvalue weighted by atomic mass is 16.6. The predicted molar refractivity (Wildman–Crippen MR) is 128 cm³/mol. The minimum atomic E-state index is -0.224. The lowest BCUT2D eigenvalue weighted by atomic mass is 9.83. The molecule has 0 aromatic heterocycles. The van der Waals surface area contributed by atoms with Crippen molar-refractivity contribution in [3.8, 4) is 5.75 Å². The van der Waals surface area contributed by atoms with Gasteiger partial charge in [0, 0.05) is 31.0 Å².